The van der Waals surface area contributed by atoms with Crippen LogP contribution in [0.25, 0.3) is 20.4 Å². The first-order chi connectivity index (χ1) is 28.8. The van der Waals surface area contributed by atoms with Crippen LogP contribution < -0.4 is 9.80 Å². The Bertz CT molecular complexity index is 2800. The maximum absolute atomic E-state index is 13.4. The van der Waals surface area contributed by atoms with Crippen LogP contribution in [0.2, 0.25) is 0 Å². The number of nitrogens with zero attached hydrogens (tertiary/aromatic N) is 6. The number of halogens is 2. The maximum Gasteiger partial charge on any atom is 0.255 e. The standard InChI is InChI=1S/C21H20FN3O3S2.C20H20FN3O4S2/c22-14-5-8-17-18(13-14)29-21(23-17)25-11-9-24(10-12-25)20(26)16-3-1-2-4-19(16)30(27,28)15-6-7-15;21-14-5-6-16-17(13-14)29-20(22-16)24-9-7-23(8-10-24)19(26)15-3-1-2-4-18(15)30(27,28)12-11-25/h1-5,8,13,15H,6-7,9-12H2;1-6,13,25H,7-12H2. The summed E-state index contributed by atoms with van der Waals surface area (Å²) < 4.78 is 78.7. The van der Waals surface area contributed by atoms with Gasteiger partial charge in [-0.2, -0.15) is 0 Å². The predicted molar refractivity (Wildman–Crippen MR) is 228 cm³/mol. The first-order valence-corrected chi connectivity index (χ1v) is 24.1. The van der Waals surface area contributed by atoms with Gasteiger partial charge < -0.3 is 24.7 Å². The number of aromatic nitrogens is 2. The summed E-state index contributed by atoms with van der Waals surface area (Å²) in [7, 11) is -7.19. The molecule has 1 aliphatic carbocycles. The second-order valence-electron chi connectivity index (χ2n) is 14.6. The highest BCUT2D eigenvalue weighted by molar-refractivity contribution is 7.92. The lowest BCUT2D eigenvalue weighted by Gasteiger charge is -2.34. The van der Waals surface area contributed by atoms with E-state index in [0.29, 0.717) is 65.2 Å². The minimum Gasteiger partial charge on any atom is -0.395 e. The molecule has 3 fully saturated rings. The molecule has 60 heavy (non-hydrogen) atoms. The molecule has 4 aromatic carbocycles. The van der Waals surface area contributed by atoms with Crippen LogP contribution in [0.5, 0.6) is 0 Å². The van der Waals surface area contributed by atoms with Crippen LogP contribution in [0.4, 0.5) is 19.0 Å². The summed E-state index contributed by atoms with van der Waals surface area (Å²) in [6, 6.07) is 21.6. The van der Waals surface area contributed by atoms with E-state index in [2.05, 4.69) is 14.9 Å². The maximum atomic E-state index is 13.4. The fourth-order valence-electron chi connectivity index (χ4n) is 7.18. The molecular formula is C41H40F2N6O7S4. The fourth-order valence-corrected chi connectivity index (χ4v) is 12.3. The summed E-state index contributed by atoms with van der Waals surface area (Å²) in [6.45, 7) is 3.53. The van der Waals surface area contributed by atoms with Crippen LogP contribution in [0, 0.1) is 11.6 Å². The van der Waals surface area contributed by atoms with Crippen molar-refractivity contribution in [3.63, 3.8) is 0 Å². The summed E-state index contributed by atoms with van der Waals surface area (Å²) in [5, 5.41) is 10.3. The summed E-state index contributed by atoms with van der Waals surface area (Å²) in [5.74, 6) is -1.61. The highest BCUT2D eigenvalue weighted by atomic mass is 32.2. The molecule has 13 nitrogen and oxygen atoms in total. The predicted octanol–water partition coefficient (Wildman–Crippen LogP) is 5.50. The highest BCUT2D eigenvalue weighted by Gasteiger charge is 2.39. The van der Waals surface area contributed by atoms with Gasteiger partial charge in [-0.3, -0.25) is 9.59 Å². The summed E-state index contributed by atoms with van der Waals surface area (Å²) in [6.07, 6.45) is 1.32. The Hall–Kier alpha value is -5.08. The third kappa shape index (κ3) is 8.72. The number of aliphatic hydroxyl groups excluding tert-OH is 1. The van der Waals surface area contributed by atoms with Gasteiger partial charge in [0.25, 0.3) is 11.8 Å². The zero-order valence-corrected chi connectivity index (χ0v) is 35.4. The lowest BCUT2D eigenvalue weighted by Crippen LogP contribution is -2.49. The third-order valence-corrected chi connectivity index (χ3v) is 16.8. The van der Waals surface area contributed by atoms with E-state index in [1.807, 2.05) is 4.90 Å². The minimum absolute atomic E-state index is 0.0559. The third-order valence-electron chi connectivity index (χ3n) is 10.6. The average Bonchev–Trinajstić information content (AvgIpc) is 3.92. The molecule has 1 N–H and O–H groups in total. The van der Waals surface area contributed by atoms with Crippen LogP contribution in [-0.4, -0.2) is 123 Å². The van der Waals surface area contributed by atoms with Crippen molar-refractivity contribution in [2.45, 2.75) is 27.9 Å². The van der Waals surface area contributed by atoms with Crippen LogP contribution in [0.1, 0.15) is 33.6 Å². The van der Waals surface area contributed by atoms with Gasteiger partial charge in [-0.1, -0.05) is 46.9 Å². The lowest BCUT2D eigenvalue weighted by atomic mass is 10.2. The van der Waals surface area contributed by atoms with Crippen molar-refractivity contribution in [1.29, 1.82) is 0 Å². The molecule has 0 spiro atoms. The van der Waals surface area contributed by atoms with E-state index in [0.717, 1.165) is 30.7 Å². The van der Waals surface area contributed by atoms with E-state index in [-0.39, 0.29) is 49.6 Å². The molecule has 2 amide bonds. The molecule has 3 aliphatic rings. The minimum atomic E-state index is -3.74. The number of rotatable bonds is 9. The molecule has 2 saturated heterocycles. The molecule has 0 bridgehead atoms. The van der Waals surface area contributed by atoms with Gasteiger partial charge in [0.15, 0.2) is 29.9 Å². The molecule has 1 saturated carbocycles. The molecule has 6 aromatic rings. The Morgan fingerprint density at radius 3 is 1.52 bits per heavy atom. The van der Waals surface area contributed by atoms with Crippen molar-refractivity contribution in [2.75, 3.05) is 74.5 Å². The van der Waals surface area contributed by atoms with Gasteiger partial charge in [-0.25, -0.2) is 35.6 Å². The number of thiazole rings is 2. The summed E-state index contributed by atoms with van der Waals surface area (Å²) in [5.41, 5.74) is 1.87. The molecule has 2 aliphatic heterocycles. The molecule has 9 rings (SSSR count). The second-order valence-corrected chi connectivity index (χ2v) is 20.8. The Balaban J connectivity index is 0.000000166. The van der Waals surface area contributed by atoms with Crippen molar-refractivity contribution >= 4 is 84.9 Å². The lowest BCUT2D eigenvalue weighted by molar-refractivity contribution is 0.0735. The van der Waals surface area contributed by atoms with E-state index in [4.69, 9.17) is 5.11 Å². The molecule has 19 heteroatoms. The van der Waals surface area contributed by atoms with E-state index in [9.17, 15) is 35.2 Å². The number of amides is 2. The number of carbonyl (C=O) groups excluding carboxylic acids is 2. The van der Waals surface area contributed by atoms with Crippen LogP contribution >= 0.6 is 22.7 Å². The van der Waals surface area contributed by atoms with E-state index < -0.39 is 32.0 Å². The van der Waals surface area contributed by atoms with Gasteiger partial charge in [0, 0.05) is 52.4 Å². The largest absolute Gasteiger partial charge is 0.395 e. The zero-order valence-electron chi connectivity index (χ0n) is 32.1. The van der Waals surface area contributed by atoms with Crippen LogP contribution in [-0.2, 0) is 19.7 Å². The fraction of sp³-hybridized carbons (Fsp3) is 0.317. The zero-order chi connectivity index (χ0) is 42.2. The van der Waals surface area contributed by atoms with Crippen molar-refractivity contribution in [3.8, 4) is 0 Å². The van der Waals surface area contributed by atoms with Crippen molar-refractivity contribution in [3.05, 3.63) is 108 Å². The monoisotopic (exact) mass is 894 g/mol. The SMILES string of the molecule is O=C(c1ccccc1S(=O)(=O)C1CC1)N1CCN(c2nc3ccc(F)cc3s2)CC1.O=C(c1ccccc1S(=O)(=O)CCO)N1CCN(c2nc3ccc(F)cc3s2)CC1. The van der Waals surface area contributed by atoms with Gasteiger partial charge in [0.2, 0.25) is 0 Å². The molecule has 0 unspecified atom stereocenters. The molecule has 2 aromatic heterocycles. The number of aliphatic hydroxyl groups is 1. The van der Waals surface area contributed by atoms with Crippen molar-refractivity contribution < 1.29 is 40.3 Å². The Labute approximate surface area is 353 Å². The van der Waals surface area contributed by atoms with Gasteiger partial charge >= 0.3 is 0 Å². The number of anilines is 2. The number of fused-ring (bicyclic) bond motifs is 2. The first kappa shape index (κ1) is 41.6. The Morgan fingerprint density at radius 1 is 0.633 bits per heavy atom. The van der Waals surface area contributed by atoms with E-state index >= 15 is 0 Å². The van der Waals surface area contributed by atoms with Crippen molar-refractivity contribution in [2.24, 2.45) is 0 Å². The Morgan fingerprint density at radius 2 is 1.07 bits per heavy atom. The smallest absolute Gasteiger partial charge is 0.255 e. The van der Waals surface area contributed by atoms with Gasteiger partial charge in [0.1, 0.15) is 11.6 Å². The summed E-state index contributed by atoms with van der Waals surface area (Å²) >= 11 is 2.84. The Kier molecular flexibility index (Phi) is 11.9. The van der Waals surface area contributed by atoms with E-state index in [1.165, 1.54) is 65.1 Å². The topological polar surface area (TPSA) is 161 Å². The second kappa shape index (κ2) is 17.1. The first-order valence-electron chi connectivity index (χ1n) is 19.3. The highest BCUT2D eigenvalue weighted by Crippen LogP contribution is 2.36. The average molecular weight is 895 g/mol. The quantitative estimate of drug-likeness (QED) is 0.195. The number of piperazine rings is 2. The molecule has 0 radical (unpaired) electrons. The van der Waals surface area contributed by atoms with Gasteiger partial charge in [0.05, 0.1) is 59.0 Å². The van der Waals surface area contributed by atoms with Crippen LogP contribution in [0.15, 0.2) is 94.7 Å². The number of sulfone groups is 2. The molecule has 314 valence electrons. The van der Waals surface area contributed by atoms with Crippen molar-refractivity contribution in [1.82, 2.24) is 19.8 Å². The number of hydrogen-bond acceptors (Lipinski definition) is 13. The van der Waals surface area contributed by atoms with E-state index in [1.54, 1.807) is 52.3 Å². The molecule has 0 atom stereocenters. The summed E-state index contributed by atoms with van der Waals surface area (Å²) in [4.78, 5) is 42.8. The normalized spacial score (nSPS) is 16.2. The van der Waals surface area contributed by atoms with Crippen LogP contribution in [0.3, 0.4) is 0 Å². The number of benzene rings is 4. The molecular weight excluding hydrogens is 855 g/mol. The number of hydrogen-bond donors (Lipinski definition) is 1. The van der Waals surface area contributed by atoms with Gasteiger partial charge in [-0.15, -0.1) is 0 Å². The molecule has 4 heterocycles. The van der Waals surface area contributed by atoms with Gasteiger partial charge in [-0.05, 0) is 73.5 Å². The number of carbonyl (C=O) groups is 2.